The molecule has 1 aliphatic heterocycles. The lowest BCUT2D eigenvalue weighted by Gasteiger charge is -2.41. The van der Waals surface area contributed by atoms with E-state index in [4.69, 9.17) is 18.9 Å². The van der Waals surface area contributed by atoms with Crippen LogP contribution < -0.4 is 0 Å². The smallest absolute Gasteiger partial charge is 0.303 e. The highest BCUT2D eigenvalue weighted by molar-refractivity contribution is 5.68. The molecule has 1 heterocycles. The van der Waals surface area contributed by atoms with E-state index in [0.717, 1.165) is 20.8 Å². The molecule has 1 N–H and O–H groups in total. The number of esters is 3. The summed E-state index contributed by atoms with van der Waals surface area (Å²) in [5, 5.41) is 9.18. The number of hydrogen-bond acceptors (Lipinski definition) is 8. The SMILES string of the molecule is CC(=O)O[C@@H]1[C@@H](OC(C)=O)[C@H](F)O[C@H](CO)[C@H]1OC(C)=O. The van der Waals surface area contributed by atoms with E-state index in [0.29, 0.717) is 0 Å². The van der Waals surface area contributed by atoms with Crippen molar-refractivity contribution in [3.05, 3.63) is 0 Å². The van der Waals surface area contributed by atoms with E-state index >= 15 is 0 Å². The first-order valence-electron chi connectivity index (χ1n) is 6.18. The molecule has 120 valence electrons. The lowest BCUT2D eigenvalue weighted by molar-refractivity contribution is -0.276. The fraction of sp³-hybridized carbons (Fsp3) is 0.750. The van der Waals surface area contributed by atoms with Crippen molar-refractivity contribution in [2.75, 3.05) is 6.61 Å². The zero-order valence-electron chi connectivity index (χ0n) is 11.8. The Kier molecular flexibility index (Phi) is 6.03. The summed E-state index contributed by atoms with van der Waals surface area (Å²) in [5.74, 6) is -2.37. The summed E-state index contributed by atoms with van der Waals surface area (Å²) in [5.41, 5.74) is 0. The maximum Gasteiger partial charge on any atom is 0.303 e. The molecule has 0 spiro atoms. The molecule has 0 aliphatic carbocycles. The number of halogens is 1. The average Bonchev–Trinajstić information content (AvgIpc) is 2.35. The molecule has 0 aromatic heterocycles. The number of aliphatic hydroxyl groups excluding tert-OH is 1. The fourth-order valence-corrected chi connectivity index (χ4v) is 1.99. The number of alkyl halides is 1. The highest BCUT2D eigenvalue weighted by Crippen LogP contribution is 2.29. The Balaban J connectivity index is 3.08. The van der Waals surface area contributed by atoms with Gasteiger partial charge in [0.05, 0.1) is 6.61 Å². The number of rotatable bonds is 4. The molecule has 0 saturated carbocycles. The maximum absolute atomic E-state index is 13.9. The first-order chi connectivity index (χ1) is 9.76. The topological polar surface area (TPSA) is 108 Å². The van der Waals surface area contributed by atoms with E-state index in [2.05, 4.69) is 0 Å². The van der Waals surface area contributed by atoms with Gasteiger partial charge in [0.1, 0.15) is 6.10 Å². The standard InChI is InChI=1S/C12H17FO8/c1-5(15)18-9-8(4-14)21-12(13)11(20-7(3)17)10(9)19-6(2)16/h8-12,14H,4H2,1-3H3/t8-,9-,10+,11-,12-/m1/s1. The van der Waals surface area contributed by atoms with E-state index in [1.165, 1.54) is 0 Å². The van der Waals surface area contributed by atoms with Crippen LogP contribution in [-0.2, 0) is 33.3 Å². The maximum atomic E-state index is 13.9. The summed E-state index contributed by atoms with van der Waals surface area (Å²) in [6.45, 7) is 2.51. The number of carbonyl (C=O) groups is 3. The molecule has 5 atom stereocenters. The van der Waals surface area contributed by atoms with Crippen molar-refractivity contribution in [3.8, 4) is 0 Å². The van der Waals surface area contributed by atoms with E-state index in [1.807, 2.05) is 0 Å². The molecule has 1 fully saturated rings. The van der Waals surface area contributed by atoms with Gasteiger partial charge in [0.2, 0.25) is 6.36 Å². The molecule has 0 amide bonds. The summed E-state index contributed by atoms with van der Waals surface area (Å²) < 4.78 is 33.3. The minimum absolute atomic E-state index is 0.678. The third-order valence-corrected chi connectivity index (χ3v) is 2.66. The summed E-state index contributed by atoms with van der Waals surface area (Å²) in [6.07, 6.45) is -7.70. The van der Waals surface area contributed by atoms with E-state index in [-0.39, 0.29) is 0 Å². The minimum Gasteiger partial charge on any atom is -0.456 e. The highest BCUT2D eigenvalue weighted by Gasteiger charge is 2.51. The van der Waals surface area contributed by atoms with Gasteiger partial charge >= 0.3 is 17.9 Å². The second kappa shape index (κ2) is 7.32. The van der Waals surface area contributed by atoms with Crippen molar-refractivity contribution in [3.63, 3.8) is 0 Å². The van der Waals surface area contributed by atoms with Gasteiger partial charge in [-0.05, 0) is 0 Å². The molecule has 1 aliphatic rings. The van der Waals surface area contributed by atoms with Gasteiger partial charge in [-0.3, -0.25) is 14.4 Å². The zero-order valence-corrected chi connectivity index (χ0v) is 11.8. The third kappa shape index (κ3) is 4.64. The van der Waals surface area contributed by atoms with Crippen LogP contribution in [0.2, 0.25) is 0 Å². The first kappa shape index (κ1) is 17.3. The largest absolute Gasteiger partial charge is 0.456 e. The normalized spacial score (nSPS) is 32.1. The molecule has 8 nitrogen and oxygen atoms in total. The second-order valence-corrected chi connectivity index (χ2v) is 4.43. The van der Waals surface area contributed by atoms with Crippen LogP contribution in [0.5, 0.6) is 0 Å². The Hall–Kier alpha value is -1.74. The third-order valence-electron chi connectivity index (χ3n) is 2.66. The molecule has 9 heteroatoms. The van der Waals surface area contributed by atoms with Crippen LogP contribution in [-0.4, -0.2) is 60.4 Å². The van der Waals surface area contributed by atoms with Crippen molar-refractivity contribution >= 4 is 17.9 Å². The Labute approximate surface area is 120 Å². The van der Waals surface area contributed by atoms with Crippen molar-refractivity contribution in [1.82, 2.24) is 0 Å². The molecule has 0 radical (unpaired) electrons. The van der Waals surface area contributed by atoms with E-state index in [9.17, 15) is 23.9 Å². The molecule has 0 aromatic carbocycles. The summed E-state index contributed by atoms with van der Waals surface area (Å²) >= 11 is 0. The molecule has 0 aromatic rings. The van der Waals surface area contributed by atoms with Gasteiger partial charge in [0.25, 0.3) is 0 Å². The van der Waals surface area contributed by atoms with E-state index < -0.39 is 55.3 Å². The molecule has 0 bridgehead atoms. The summed E-state index contributed by atoms with van der Waals surface area (Å²) in [6, 6.07) is 0. The van der Waals surface area contributed by atoms with Crippen molar-refractivity contribution in [2.45, 2.75) is 51.5 Å². The molecular formula is C12H17FO8. The quantitative estimate of drug-likeness (QED) is 0.545. The lowest BCUT2D eigenvalue weighted by Crippen LogP contribution is -2.61. The van der Waals surface area contributed by atoms with Crippen LogP contribution in [0.1, 0.15) is 20.8 Å². The Bertz CT molecular complexity index is 412. The first-order valence-corrected chi connectivity index (χ1v) is 6.18. The monoisotopic (exact) mass is 308 g/mol. The molecular weight excluding hydrogens is 291 g/mol. The predicted octanol–water partition coefficient (Wildman–Crippen LogP) is -0.532. The Morgan fingerprint density at radius 3 is 1.81 bits per heavy atom. The fourth-order valence-electron chi connectivity index (χ4n) is 1.99. The van der Waals surface area contributed by atoms with Gasteiger partial charge in [-0.1, -0.05) is 0 Å². The second-order valence-electron chi connectivity index (χ2n) is 4.43. The Morgan fingerprint density at radius 1 is 0.952 bits per heavy atom. The number of ether oxygens (including phenoxy) is 4. The summed E-state index contributed by atoms with van der Waals surface area (Å²) in [4.78, 5) is 33.3. The average molecular weight is 308 g/mol. The van der Waals surface area contributed by atoms with Gasteiger partial charge in [0, 0.05) is 20.8 Å². The molecule has 1 rings (SSSR count). The van der Waals surface area contributed by atoms with Gasteiger partial charge in [-0.2, -0.15) is 0 Å². The van der Waals surface area contributed by atoms with Gasteiger partial charge in [0.15, 0.2) is 18.3 Å². The number of aliphatic hydroxyl groups is 1. The van der Waals surface area contributed by atoms with Crippen LogP contribution in [0.25, 0.3) is 0 Å². The van der Waals surface area contributed by atoms with Crippen LogP contribution in [0.4, 0.5) is 4.39 Å². The molecule has 1 saturated heterocycles. The van der Waals surface area contributed by atoms with Crippen LogP contribution >= 0.6 is 0 Å². The minimum atomic E-state index is -2.14. The van der Waals surface area contributed by atoms with Crippen LogP contribution in [0.15, 0.2) is 0 Å². The Morgan fingerprint density at radius 2 is 1.38 bits per heavy atom. The van der Waals surface area contributed by atoms with Crippen molar-refractivity contribution < 1.29 is 42.8 Å². The van der Waals surface area contributed by atoms with E-state index in [1.54, 1.807) is 0 Å². The highest BCUT2D eigenvalue weighted by atomic mass is 19.1. The van der Waals surface area contributed by atoms with Crippen LogP contribution in [0.3, 0.4) is 0 Å². The molecule has 21 heavy (non-hydrogen) atoms. The lowest BCUT2D eigenvalue weighted by atomic mass is 9.99. The molecule has 0 unspecified atom stereocenters. The number of carbonyl (C=O) groups excluding carboxylic acids is 3. The number of hydrogen-bond donors (Lipinski definition) is 1. The van der Waals surface area contributed by atoms with Crippen molar-refractivity contribution in [2.24, 2.45) is 0 Å². The van der Waals surface area contributed by atoms with Gasteiger partial charge < -0.3 is 24.1 Å². The van der Waals surface area contributed by atoms with Crippen molar-refractivity contribution in [1.29, 1.82) is 0 Å². The van der Waals surface area contributed by atoms with Gasteiger partial charge in [-0.25, -0.2) is 4.39 Å². The van der Waals surface area contributed by atoms with Gasteiger partial charge in [-0.15, -0.1) is 0 Å². The van der Waals surface area contributed by atoms with Crippen LogP contribution in [0, 0.1) is 0 Å². The zero-order chi connectivity index (χ0) is 16.2. The summed E-state index contributed by atoms with van der Waals surface area (Å²) in [7, 11) is 0. The predicted molar refractivity (Wildman–Crippen MR) is 63.5 cm³/mol.